The molecule has 0 bridgehead atoms. The maximum absolute atomic E-state index is 9.47. The largest absolute Gasteiger partial charge is 0 e. The maximum atomic E-state index is 9.47. The second-order valence-corrected chi connectivity index (χ2v) is 2.02. The fourth-order valence-corrected chi connectivity index (χ4v) is 0. The minimum Gasteiger partial charge on any atom is 0 e. The molecule has 0 saturated carbocycles. The Balaban J connectivity index is -0.000000125. The Morgan fingerprint density at radius 3 is 1.62 bits per heavy atom. The van der Waals surface area contributed by atoms with Gasteiger partial charge in [0.15, 0.2) is 0 Å². The quantitative estimate of drug-likeness (QED) is 0.392. The first-order chi connectivity index (χ1) is 2.56. The molecule has 0 rings (SSSR count). The van der Waals surface area contributed by atoms with Gasteiger partial charge in [0.2, 0.25) is 0 Å². The molecule has 0 aromatic carbocycles. The SMILES string of the molecule is BOP(=O)(O)O.[KH].[Zn]. The molecule has 0 heterocycles. The zero-order valence-electron chi connectivity index (χ0n) is 3.87. The van der Waals surface area contributed by atoms with Gasteiger partial charge in [0.05, 0.1) is 0 Å². The van der Waals surface area contributed by atoms with Crippen LogP contribution in [-0.4, -0.2) is 69.2 Å². The van der Waals surface area contributed by atoms with Gasteiger partial charge in [0.25, 0.3) is 8.05 Å². The topological polar surface area (TPSA) is 66.8 Å². The zero-order chi connectivity index (χ0) is 5.21. The van der Waals surface area contributed by atoms with E-state index in [-0.39, 0.29) is 70.9 Å². The van der Waals surface area contributed by atoms with Crippen LogP contribution in [0.4, 0.5) is 0 Å². The van der Waals surface area contributed by atoms with Crippen LogP contribution in [-0.2, 0) is 28.5 Å². The van der Waals surface area contributed by atoms with E-state index in [1.807, 2.05) is 0 Å². The third-order valence-electron chi connectivity index (χ3n) is 0.238. The Morgan fingerprint density at radius 2 is 1.62 bits per heavy atom. The van der Waals surface area contributed by atoms with E-state index in [0.29, 0.717) is 0 Å². The van der Waals surface area contributed by atoms with Crippen molar-refractivity contribution in [3.8, 4) is 0 Å². The summed E-state index contributed by atoms with van der Waals surface area (Å²) in [5.41, 5.74) is 0. The summed E-state index contributed by atoms with van der Waals surface area (Å²) in [6.07, 6.45) is 0. The fraction of sp³-hybridized carbons (Fsp3) is 0. The Hall–Kier alpha value is 2.43. The average Bonchev–Trinajstić information content (AvgIpc) is 1.35. The van der Waals surface area contributed by atoms with Crippen LogP contribution in [0.2, 0.25) is 0 Å². The van der Waals surface area contributed by atoms with Crippen molar-refractivity contribution in [3.63, 3.8) is 0 Å². The van der Waals surface area contributed by atoms with Gasteiger partial charge in [-0.3, -0.25) is 0 Å². The third kappa shape index (κ3) is 15.8. The van der Waals surface area contributed by atoms with Gasteiger partial charge in [-0.05, 0) is 0 Å². The summed E-state index contributed by atoms with van der Waals surface area (Å²) in [7, 11) is -3.20. The minimum absolute atomic E-state index is 0. The molecule has 0 spiro atoms. The van der Waals surface area contributed by atoms with Gasteiger partial charge in [0.1, 0.15) is 0 Å². The van der Waals surface area contributed by atoms with Gasteiger partial charge >= 0.3 is 59.2 Å². The van der Waals surface area contributed by atoms with Crippen molar-refractivity contribution < 1.29 is 38.3 Å². The Morgan fingerprint density at radius 1 is 1.50 bits per heavy atom. The third-order valence-corrected chi connectivity index (χ3v) is 0.714. The van der Waals surface area contributed by atoms with Crippen LogP contribution in [0.1, 0.15) is 0 Å². The van der Waals surface area contributed by atoms with Crippen molar-refractivity contribution in [1.82, 2.24) is 0 Å². The van der Waals surface area contributed by atoms with Crippen LogP contribution >= 0.6 is 7.82 Å². The Bertz CT molecular complexity index is 80.1. The van der Waals surface area contributed by atoms with Crippen molar-refractivity contribution in [2.75, 3.05) is 0 Å². The molecule has 2 N–H and O–H groups in total. The summed E-state index contributed by atoms with van der Waals surface area (Å²) >= 11 is 0. The summed E-state index contributed by atoms with van der Waals surface area (Å²) in [5.74, 6) is 0. The maximum Gasteiger partial charge on any atom is 0 e. The predicted molar refractivity (Wildman–Crippen MR) is 28.8 cm³/mol. The molecule has 0 atom stereocenters. The second-order valence-electron chi connectivity index (χ2n) is 0.673. The molecule has 0 aliphatic rings. The van der Waals surface area contributed by atoms with Crippen LogP contribution in [0.25, 0.3) is 0 Å². The summed E-state index contributed by atoms with van der Waals surface area (Å²) in [6, 6.07) is 0. The van der Waals surface area contributed by atoms with Crippen LogP contribution in [0.5, 0.6) is 0 Å². The van der Waals surface area contributed by atoms with Gasteiger partial charge in [-0.2, -0.15) is 0 Å². The monoisotopic (exact) mass is 214 g/mol. The van der Waals surface area contributed by atoms with Crippen molar-refractivity contribution in [2.45, 2.75) is 0 Å². The van der Waals surface area contributed by atoms with Crippen molar-refractivity contribution >= 4 is 67.3 Å². The Labute approximate surface area is 104 Å². The number of phosphoric acid groups is 1. The van der Waals surface area contributed by atoms with E-state index in [4.69, 9.17) is 9.79 Å². The molecule has 0 amide bonds. The van der Waals surface area contributed by atoms with E-state index < -0.39 is 7.82 Å². The summed E-state index contributed by atoms with van der Waals surface area (Å²) in [4.78, 5) is 15.4. The van der Waals surface area contributed by atoms with Crippen molar-refractivity contribution in [1.29, 1.82) is 0 Å². The van der Waals surface area contributed by atoms with Crippen LogP contribution in [0.3, 0.4) is 0 Å². The van der Waals surface area contributed by atoms with Crippen LogP contribution in [0.15, 0.2) is 0 Å². The smallest absolute Gasteiger partial charge is 0 e. The second kappa shape index (κ2) is 7.54. The molecule has 0 radical (unpaired) electrons. The molecule has 40 valence electrons. The zero-order valence-corrected chi connectivity index (χ0v) is 7.73. The fourth-order valence-electron chi connectivity index (χ4n) is 0. The van der Waals surface area contributed by atoms with Gasteiger partial charge < -0.3 is 14.2 Å². The molecule has 0 unspecified atom stereocenters. The molecule has 0 fully saturated rings. The van der Waals surface area contributed by atoms with Gasteiger partial charge in [-0.25, -0.2) is 4.57 Å². The molecule has 0 aliphatic heterocycles. The standard InChI is InChI=1S/BH4O4P.K.Zn.H/c1-5-6(2,3)4;;;/h1H2,(H2,2,3,4);;;. The molecule has 4 nitrogen and oxygen atoms in total. The number of rotatable bonds is 1. The predicted octanol–water partition coefficient (Wildman–Crippen LogP) is -2.01. The van der Waals surface area contributed by atoms with Crippen LogP contribution < -0.4 is 0 Å². The minimum atomic E-state index is -4.15. The number of hydrogen-bond acceptors (Lipinski definition) is 2. The summed E-state index contributed by atoms with van der Waals surface area (Å²) in [5, 5.41) is 0. The first kappa shape index (κ1) is 16.8. The Kier molecular flexibility index (Phi) is 15.8. The van der Waals surface area contributed by atoms with E-state index in [0.717, 1.165) is 8.05 Å². The first-order valence-corrected chi connectivity index (χ1v) is 2.70. The van der Waals surface area contributed by atoms with Crippen molar-refractivity contribution in [2.24, 2.45) is 0 Å². The normalized spacial score (nSPS) is 8.75. The van der Waals surface area contributed by atoms with Gasteiger partial charge in [0, 0.05) is 19.5 Å². The molecule has 8 heavy (non-hydrogen) atoms. The van der Waals surface area contributed by atoms with Crippen LogP contribution in [0, 0.1) is 0 Å². The molecule has 0 aromatic rings. The molecular formula is H5BKO4PZn. The van der Waals surface area contributed by atoms with E-state index in [2.05, 4.69) is 4.44 Å². The first-order valence-electron chi connectivity index (χ1n) is 1.17. The van der Waals surface area contributed by atoms with E-state index in [9.17, 15) is 4.57 Å². The summed E-state index contributed by atoms with van der Waals surface area (Å²) < 4.78 is 13.1. The van der Waals surface area contributed by atoms with E-state index in [1.165, 1.54) is 0 Å². The van der Waals surface area contributed by atoms with E-state index in [1.54, 1.807) is 0 Å². The molecule has 0 saturated heterocycles. The van der Waals surface area contributed by atoms with Gasteiger partial charge in [-0.1, -0.05) is 0 Å². The average molecular weight is 215 g/mol. The number of hydrogen-bond donors (Lipinski definition) is 2. The molecule has 0 aromatic heterocycles. The summed E-state index contributed by atoms with van der Waals surface area (Å²) in [6.45, 7) is 0. The molecule has 8 heteroatoms. The van der Waals surface area contributed by atoms with E-state index >= 15 is 0 Å². The van der Waals surface area contributed by atoms with Crippen molar-refractivity contribution in [3.05, 3.63) is 0 Å². The molecular weight excluding hydrogens is 210 g/mol. The molecule has 0 aliphatic carbocycles. The van der Waals surface area contributed by atoms with Gasteiger partial charge in [-0.15, -0.1) is 0 Å².